The van der Waals surface area contributed by atoms with E-state index in [0.717, 1.165) is 12.8 Å². The molecule has 0 aromatic heterocycles. The van der Waals surface area contributed by atoms with Gasteiger partial charge in [0.15, 0.2) is 6.04 Å². The molecular formula is C10H18N2O3. The fourth-order valence-electron chi connectivity index (χ4n) is 1.77. The van der Waals surface area contributed by atoms with Crippen molar-refractivity contribution >= 4 is 11.9 Å². The van der Waals surface area contributed by atoms with E-state index in [1.807, 2.05) is 6.92 Å². The Labute approximate surface area is 89.6 Å². The molecule has 2 N–H and O–H groups in total. The summed E-state index contributed by atoms with van der Waals surface area (Å²) >= 11 is 0. The van der Waals surface area contributed by atoms with Crippen LogP contribution in [-0.2, 0) is 14.3 Å². The van der Waals surface area contributed by atoms with E-state index in [4.69, 9.17) is 10.5 Å². The van der Waals surface area contributed by atoms with Crippen molar-refractivity contribution in [3.63, 3.8) is 0 Å². The highest BCUT2D eigenvalue weighted by molar-refractivity contribution is 6.01. The number of carbonyl (C=O) groups is 2. The molecule has 1 heterocycles. The summed E-state index contributed by atoms with van der Waals surface area (Å²) in [5.74, 6) is -0.958. The van der Waals surface area contributed by atoms with Gasteiger partial charge in [0.1, 0.15) is 0 Å². The molecule has 1 saturated heterocycles. The highest BCUT2D eigenvalue weighted by atomic mass is 16.5. The number of esters is 1. The first-order chi connectivity index (χ1) is 7.07. The van der Waals surface area contributed by atoms with Gasteiger partial charge in [-0.15, -0.1) is 0 Å². The Morgan fingerprint density at radius 2 is 2.27 bits per heavy atom. The van der Waals surface area contributed by atoms with Gasteiger partial charge in [-0.25, -0.2) is 4.79 Å². The summed E-state index contributed by atoms with van der Waals surface area (Å²) in [4.78, 5) is 24.7. The molecule has 86 valence electrons. The third kappa shape index (κ3) is 2.68. The molecule has 1 aliphatic rings. The maximum absolute atomic E-state index is 11.8. The number of nitrogens with zero attached hydrogens (tertiary/aromatic N) is 1. The SMILES string of the molecule is CCOC(=O)C(N)C(=O)N1CCCC1C. The third-order valence-corrected chi connectivity index (χ3v) is 2.64. The Kier molecular flexibility index (Phi) is 4.08. The van der Waals surface area contributed by atoms with Crippen LogP contribution >= 0.6 is 0 Å². The molecule has 1 rings (SSSR count). The van der Waals surface area contributed by atoms with Crippen molar-refractivity contribution in [3.8, 4) is 0 Å². The van der Waals surface area contributed by atoms with E-state index in [2.05, 4.69) is 0 Å². The van der Waals surface area contributed by atoms with E-state index < -0.39 is 12.0 Å². The van der Waals surface area contributed by atoms with Crippen LogP contribution in [0, 0.1) is 0 Å². The summed E-state index contributed by atoms with van der Waals surface area (Å²) in [5.41, 5.74) is 5.52. The van der Waals surface area contributed by atoms with Gasteiger partial charge in [-0.05, 0) is 26.7 Å². The molecule has 15 heavy (non-hydrogen) atoms. The lowest BCUT2D eigenvalue weighted by atomic mass is 10.2. The predicted octanol–water partition coefficient (Wildman–Crippen LogP) is -0.112. The minimum Gasteiger partial charge on any atom is -0.464 e. The zero-order chi connectivity index (χ0) is 11.4. The second kappa shape index (κ2) is 5.11. The van der Waals surface area contributed by atoms with Gasteiger partial charge in [0.2, 0.25) is 0 Å². The van der Waals surface area contributed by atoms with Crippen molar-refractivity contribution in [2.24, 2.45) is 5.73 Å². The van der Waals surface area contributed by atoms with Crippen molar-refractivity contribution in [2.75, 3.05) is 13.2 Å². The van der Waals surface area contributed by atoms with Crippen LogP contribution in [0.1, 0.15) is 26.7 Å². The molecule has 5 heteroatoms. The second-order valence-electron chi connectivity index (χ2n) is 3.75. The van der Waals surface area contributed by atoms with E-state index in [-0.39, 0.29) is 18.6 Å². The second-order valence-corrected chi connectivity index (χ2v) is 3.75. The summed E-state index contributed by atoms with van der Waals surface area (Å²) in [6.45, 7) is 4.58. The molecule has 0 spiro atoms. The monoisotopic (exact) mass is 214 g/mol. The molecule has 5 nitrogen and oxygen atoms in total. The van der Waals surface area contributed by atoms with Gasteiger partial charge in [0.05, 0.1) is 6.61 Å². The molecule has 0 aromatic carbocycles. The number of ether oxygens (including phenoxy) is 1. The summed E-state index contributed by atoms with van der Waals surface area (Å²) in [6, 6.07) is -0.983. The largest absolute Gasteiger partial charge is 0.464 e. The number of rotatable bonds is 3. The normalized spacial score (nSPS) is 22.6. The van der Waals surface area contributed by atoms with Gasteiger partial charge in [-0.1, -0.05) is 0 Å². The van der Waals surface area contributed by atoms with Crippen molar-refractivity contribution in [1.29, 1.82) is 0 Å². The number of amides is 1. The van der Waals surface area contributed by atoms with Gasteiger partial charge >= 0.3 is 5.97 Å². The maximum Gasteiger partial charge on any atom is 0.332 e. The lowest BCUT2D eigenvalue weighted by Crippen LogP contribution is -2.49. The molecule has 2 atom stereocenters. The Morgan fingerprint density at radius 3 is 2.73 bits per heavy atom. The lowest BCUT2D eigenvalue weighted by Gasteiger charge is -2.23. The molecule has 0 bridgehead atoms. The number of likely N-dealkylation sites (tertiary alicyclic amines) is 1. The van der Waals surface area contributed by atoms with Crippen LogP contribution in [0.25, 0.3) is 0 Å². The van der Waals surface area contributed by atoms with Crippen molar-refractivity contribution in [2.45, 2.75) is 38.8 Å². The molecule has 0 saturated carbocycles. The van der Waals surface area contributed by atoms with E-state index in [1.165, 1.54) is 0 Å². The molecule has 1 fully saturated rings. The van der Waals surface area contributed by atoms with Crippen LogP contribution in [0.15, 0.2) is 0 Å². The minimum absolute atomic E-state index is 0.179. The van der Waals surface area contributed by atoms with Gasteiger partial charge in [0.25, 0.3) is 5.91 Å². The number of hydrogen-bond donors (Lipinski definition) is 1. The number of hydrogen-bond acceptors (Lipinski definition) is 4. The Morgan fingerprint density at radius 1 is 1.60 bits per heavy atom. The van der Waals surface area contributed by atoms with Crippen molar-refractivity contribution < 1.29 is 14.3 Å². The van der Waals surface area contributed by atoms with Crippen LogP contribution < -0.4 is 5.73 Å². The first-order valence-corrected chi connectivity index (χ1v) is 5.30. The fourth-order valence-corrected chi connectivity index (χ4v) is 1.77. The zero-order valence-corrected chi connectivity index (χ0v) is 9.23. The first kappa shape index (κ1) is 12.0. The highest BCUT2D eigenvalue weighted by Crippen LogP contribution is 2.17. The smallest absolute Gasteiger partial charge is 0.332 e. The quantitative estimate of drug-likeness (QED) is 0.525. The standard InChI is InChI=1S/C10H18N2O3/c1-3-15-10(14)8(11)9(13)12-6-4-5-7(12)2/h7-8H,3-6,11H2,1-2H3. The van der Waals surface area contributed by atoms with Crippen LogP contribution in [0.5, 0.6) is 0 Å². The summed E-state index contributed by atoms with van der Waals surface area (Å²) in [5, 5.41) is 0. The van der Waals surface area contributed by atoms with E-state index >= 15 is 0 Å². The third-order valence-electron chi connectivity index (χ3n) is 2.64. The van der Waals surface area contributed by atoms with Crippen LogP contribution in [0.3, 0.4) is 0 Å². The van der Waals surface area contributed by atoms with Crippen molar-refractivity contribution in [3.05, 3.63) is 0 Å². The Hall–Kier alpha value is -1.10. The molecule has 0 radical (unpaired) electrons. The predicted molar refractivity (Wildman–Crippen MR) is 55.0 cm³/mol. The summed E-state index contributed by atoms with van der Waals surface area (Å²) in [7, 11) is 0. The molecule has 0 aromatic rings. The number of carbonyl (C=O) groups excluding carboxylic acids is 2. The van der Waals surface area contributed by atoms with E-state index in [0.29, 0.717) is 6.54 Å². The van der Waals surface area contributed by atoms with Crippen LogP contribution in [-0.4, -0.2) is 42.0 Å². The molecule has 0 aliphatic carbocycles. The Balaban J connectivity index is 2.55. The fraction of sp³-hybridized carbons (Fsp3) is 0.800. The minimum atomic E-state index is -1.16. The van der Waals surface area contributed by atoms with Gasteiger partial charge in [0, 0.05) is 12.6 Å². The van der Waals surface area contributed by atoms with E-state index in [1.54, 1.807) is 11.8 Å². The topological polar surface area (TPSA) is 72.6 Å². The first-order valence-electron chi connectivity index (χ1n) is 5.30. The highest BCUT2D eigenvalue weighted by Gasteiger charge is 2.33. The zero-order valence-electron chi connectivity index (χ0n) is 9.23. The molecular weight excluding hydrogens is 196 g/mol. The van der Waals surface area contributed by atoms with Gasteiger partial charge in [-0.2, -0.15) is 0 Å². The van der Waals surface area contributed by atoms with Crippen molar-refractivity contribution in [1.82, 2.24) is 4.90 Å². The van der Waals surface area contributed by atoms with Gasteiger partial charge < -0.3 is 15.4 Å². The molecule has 1 amide bonds. The van der Waals surface area contributed by atoms with Crippen LogP contribution in [0.4, 0.5) is 0 Å². The summed E-state index contributed by atoms with van der Waals surface area (Å²) in [6.07, 6.45) is 1.95. The average molecular weight is 214 g/mol. The summed E-state index contributed by atoms with van der Waals surface area (Å²) < 4.78 is 4.71. The molecule has 1 aliphatic heterocycles. The van der Waals surface area contributed by atoms with Crippen LogP contribution in [0.2, 0.25) is 0 Å². The van der Waals surface area contributed by atoms with Gasteiger partial charge in [-0.3, -0.25) is 4.79 Å². The number of nitrogens with two attached hydrogens (primary N) is 1. The average Bonchev–Trinajstić information content (AvgIpc) is 2.62. The van der Waals surface area contributed by atoms with E-state index in [9.17, 15) is 9.59 Å². The Bertz CT molecular complexity index is 255. The lowest BCUT2D eigenvalue weighted by molar-refractivity contribution is -0.151. The molecule has 2 unspecified atom stereocenters. The maximum atomic E-state index is 11.8.